The number of sulfone groups is 1. The quantitative estimate of drug-likeness (QED) is 0.849. The number of amides is 1. The Bertz CT molecular complexity index is 612. The standard InChI is InChI=1S/C15H21NO4S/c1-12-5-4-8-16(10-12)15(17)11-20-13-6-3-7-14(9-13)21(2,18)19/h3,6-7,9,12H,4-5,8,10-11H2,1-2H3/t12-/m1/s1. The van der Waals surface area contributed by atoms with Crippen LogP contribution < -0.4 is 4.74 Å². The number of likely N-dealkylation sites (tertiary alicyclic amines) is 1. The van der Waals surface area contributed by atoms with E-state index in [1.54, 1.807) is 12.1 Å². The van der Waals surface area contributed by atoms with Gasteiger partial charge in [0.1, 0.15) is 5.75 Å². The zero-order valence-electron chi connectivity index (χ0n) is 12.4. The van der Waals surface area contributed by atoms with Gasteiger partial charge in [0, 0.05) is 19.3 Å². The van der Waals surface area contributed by atoms with E-state index in [1.165, 1.54) is 12.1 Å². The second kappa shape index (κ2) is 6.47. The predicted molar refractivity (Wildman–Crippen MR) is 80.0 cm³/mol. The Kier molecular flexibility index (Phi) is 4.88. The van der Waals surface area contributed by atoms with Gasteiger partial charge in [-0.15, -0.1) is 0 Å². The van der Waals surface area contributed by atoms with Gasteiger partial charge in [0.15, 0.2) is 16.4 Å². The van der Waals surface area contributed by atoms with Crippen molar-refractivity contribution < 1.29 is 17.9 Å². The van der Waals surface area contributed by atoms with Crippen LogP contribution in [0, 0.1) is 5.92 Å². The molecule has 0 aliphatic carbocycles. The molecule has 0 N–H and O–H groups in total. The zero-order chi connectivity index (χ0) is 15.5. The lowest BCUT2D eigenvalue weighted by molar-refractivity contribution is -0.135. The molecule has 2 rings (SSSR count). The van der Waals surface area contributed by atoms with Crippen molar-refractivity contribution in [2.24, 2.45) is 5.92 Å². The number of rotatable bonds is 4. The molecule has 0 aromatic heterocycles. The summed E-state index contributed by atoms with van der Waals surface area (Å²) in [5.74, 6) is 0.874. The average Bonchev–Trinajstić information content (AvgIpc) is 2.44. The molecule has 116 valence electrons. The molecule has 6 heteroatoms. The van der Waals surface area contributed by atoms with Gasteiger partial charge in [0.2, 0.25) is 0 Å². The number of hydrogen-bond acceptors (Lipinski definition) is 4. The van der Waals surface area contributed by atoms with Gasteiger partial charge in [-0.1, -0.05) is 13.0 Å². The van der Waals surface area contributed by atoms with Crippen LogP contribution in [-0.2, 0) is 14.6 Å². The lowest BCUT2D eigenvalue weighted by Gasteiger charge is -2.30. The lowest BCUT2D eigenvalue weighted by atomic mass is 10.0. The van der Waals surface area contributed by atoms with Crippen molar-refractivity contribution in [3.8, 4) is 5.75 Å². The van der Waals surface area contributed by atoms with Gasteiger partial charge in [-0.25, -0.2) is 8.42 Å². The molecular weight excluding hydrogens is 290 g/mol. The second-order valence-electron chi connectivity index (χ2n) is 5.62. The molecule has 1 saturated heterocycles. The highest BCUT2D eigenvalue weighted by Crippen LogP contribution is 2.18. The number of hydrogen-bond donors (Lipinski definition) is 0. The summed E-state index contributed by atoms with van der Waals surface area (Å²) in [7, 11) is -3.27. The third-order valence-corrected chi connectivity index (χ3v) is 4.72. The summed E-state index contributed by atoms with van der Waals surface area (Å²) in [6.07, 6.45) is 3.32. The lowest BCUT2D eigenvalue weighted by Crippen LogP contribution is -2.41. The van der Waals surface area contributed by atoms with Crippen molar-refractivity contribution in [2.45, 2.75) is 24.7 Å². The van der Waals surface area contributed by atoms with E-state index in [4.69, 9.17) is 4.74 Å². The van der Waals surface area contributed by atoms with E-state index in [1.807, 2.05) is 4.90 Å². The molecule has 0 saturated carbocycles. The first kappa shape index (κ1) is 15.8. The van der Waals surface area contributed by atoms with Crippen LogP contribution in [0.3, 0.4) is 0 Å². The van der Waals surface area contributed by atoms with Gasteiger partial charge in [0.05, 0.1) is 4.90 Å². The number of benzene rings is 1. The fourth-order valence-electron chi connectivity index (χ4n) is 2.45. The Morgan fingerprint density at radius 3 is 2.86 bits per heavy atom. The Balaban J connectivity index is 1.95. The molecule has 0 spiro atoms. The molecule has 1 heterocycles. The van der Waals surface area contributed by atoms with E-state index in [9.17, 15) is 13.2 Å². The van der Waals surface area contributed by atoms with Crippen molar-refractivity contribution in [3.05, 3.63) is 24.3 Å². The van der Waals surface area contributed by atoms with Crippen molar-refractivity contribution in [1.82, 2.24) is 4.90 Å². The average molecular weight is 311 g/mol. The zero-order valence-corrected chi connectivity index (χ0v) is 13.2. The van der Waals surface area contributed by atoms with Gasteiger partial charge < -0.3 is 9.64 Å². The maximum Gasteiger partial charge on any atom is 0.260 e. The predicted octanol–water partition coefficient (Wildman–Crippen LogP) is 1.73. The van der Waals surface area contributed by atoms with Gasteiger partial charge in [0.25, 0.3) is 5.91 Å². The molecule has 1 aromatic carbocycles. The maximum atomic E-state index is 12.1. The number of ether oxygens (including phenoxy) is 1. The highest BCUT2D eigenvalue weighted by molar-refractivity contribution is 7.90. The van der Waals surface area contributed by atoms with Crippen LogP contribution in [0.2, 0.25) is 0 Å². The Morgan fingerprint density at radius 2 is 2.19 bits per heavy atom. The van der Waals surface area contributed by atoms with E-state index in [0.717, 1.165) is 32.2 Å². The molecule has 1 amide bonds. The fourth-order valence-corrected chi connectivity index (χ4v) is 3.10. The van der Waals surface area contributed by atoms with Gasteiger partial charge in [-0.3, -0.25) is 4.79 Å². The number of carbonyl (C=O) groups excluding carboxylic acids is 1. The molecule has 0 unspecified atom stereocenters. The SMILES string of the molecule is C[C@@H]1CCCN(C(=O)COc2cccc(S(C)(=O)=O)c2)C1. The van der Waals surface area contributed by atoms with Crippen molar-refractivity contribution in [3.63, 3.8) is 0 Å². The molecular formula is C15H21NO4S. The van der Waals surface area contributed by atoms with Crippen molar-refractivity contribution >= 4 is 15.7 Å². The van der Waals surface area contributed by atoms with E-state index in [2.05, 4.69) is 6.92 Å². The molecule has 5 nitrogen and oxygen atoms in total. The van der Waals surface area contributed by atoms with Crippen LogP contribution in [0.5, 0.6) is 5.75 Å². The van der Waals surface area contributed by atoms with Crippen molar-refractivity contribution in [1.29, 1.82) is 0 Å². The molecule has 1 atom stereocenters. The fraction of sp³-hybridized carbons (Fsp3) is 0.533. The summed E-state index contributed by atoms with van der Waals surface area (Å²) in [5.41, 5.74) is 0. The summed E-state index contributed by atoms with van der Waals surface area (Å²) in [6, 6.07) is 6.22. The normalized spacial score (nSPS) is 19.3. The van der Waals surface area contributed by atoms with E-state index < -0.39 is 9.84 Å². The highest BCUT2D eigenvalue weighted by Gasteiger charge is 2.21. The third kappa shape index (κ3) is 4.46. The summed E-state index contributed by atoms with van der Waals surface area (Å²) < 4.78 is 28.4. The molecule has 1 aromatic rings. The Hall–Kier alpha value is -1.56. The minimum atomic E-state index is -3.27. The summed E-state index contributed by atoms with van der Waals surface area (Å²) in [6.45, 7) is 3.62. The number of nitrogens with zero attached hydrogens (tertiary/aromatic N) is 1. The Morgan fingerprint density at radius 1 is 1.43 bits per heavy atom. The van der Waals surface area contributed by atoms with Crippen LogP contribution in [0.1, 0.15) is 19.8 Å². The molecule has 1 fully saturated rings. The molecule has 1 aliphatic rings. The smallest absolute Gasteiger partial charge is 0.260 e. The number of piperidine rings is 1. The minimum Gasteiger partial charge on any atom is -0.484 e. The van der Waals surface area contributed by atoms with E-state index >= 15 is 0 Å². The van der Waals surface area contributed by atoms with Gasteiger partial charge in [-0.2, -0.15) is 0 Å². The van der Waals surface area contributed by atoms with E-state index in [-0.39, 0.29) is 17.4 Å². The van der Waals surface area contributed by atoms with Crippen LogP contribution in [0.4, 0.5) is 0 Å². The van der Waals surface area contributed by atoms with Gasteiger partial charge in [-0.05, 0) is 37.0 Å². The maximum absolute atomic E-state index is 12.1. The molecule has 0 bridgehead atoms. The topological polar surface area (TPSA) is 63.7 Å². The van der Waals surface area contributed by atoms with Crippen LogP contribution in [-0.4, -0.2) is 45.2 Å². The first-order valence-corrected chi connectivity index (χ1v) is 8.96. The summed E-state index contributed by atoms with van der Waals surface area (Å²) >= 11 is 0. The largest absolute Gasteiger partial charge is 0.484 e. The van der Waals surface area contributed by atoms with Gasteiger partial charge >= 0.3 is 0 Å². The van der Waals surface area contributed by atoms with Crippen molar-refractivity contribution in [2.75, 3.05) is 26.0 Å². The summed E-state index contributed by atoms with van der Waals surface area (Å²) in [5, 5.41) is 0. The Labute approximate surface area is 125 Å². The van der Waals surface area contributed by atoms with Crippen LogP contribution in [0.15, 0.2) is 29.2 Å². The first-order valence-electron chi connectivity index (χ1n) is 7.07. The summed E-state index contributed by atoms with van der Waals surface area (Å²) in [4.78, 5) is 14.1. The van der Waals surface area contributed by atoms with Crippen LogP contribution >= 0.6 is 0 Å². The second-order valence-corrected chi connectivity index (χ2v) is 7.64. The monoisotopic (exact) mass is 311 g/mol. The molecule has 21 heavy (non-hydrogen) atoms. The molecule has 0 radical (unpaired) electrons. The number of carbonyl (C=O) groups is 1. The molecule has 1 aliphatic heterocycles. The first-order chi connectivity index (χ1) is 9.86. The third-order valence-electron chi connectivity index (χ3n) is 3.61. The van der Waals surface area contributed by atoms with Crippen LogP contribution in [0.25, 0.3) is 0 Å². The van der Waals surface area contributed by atoms with E-state index in [0.29, 0.717) is 11.7 Å². The highest BCUT2D eigenvalue weighted by atomic mass is 32.2. The minimum absolute atomic E-state index is 0.0497.